The van der Waals surface area contributed by atoms with Crippen molar-refractivity contribution in [2.75, 3.05) is 26.3 Å². The summed E-state index contributed by atoms with van der Waals surface area (Å²) >= 11 is 0. The summed E-state index contributed by atoms with van der Waals surface area (Å²) in [6.07, 6.45) is 1.72. The van der Waals surface area contributed by atoms with Crippen molar-refractivity contribution in [1.29, 1.82) is 0 Å². The standard InChI is InChI=1S/C14H22N2O3/c1-11(3-5-13-6-4-12(2)19-13)15-14(17)16-7-9-18-10-8-16/h4,6,11H,3,5,7-10H2,1-2H3,(H,15,17). The molecule has 2 rings (SSSR count). The normalized spacial score (nSPS) is 17.3. The van der Waals surface area contributed by atoms with Crippen molar-refractivity contribution in [2.45, 2.75) is 32.7 Å². The van der Waals surface area contributed by atoms with Crippen LogP contribution in [0.4, 0.5) is 4.79 Å². The molecule has 0 bridgehead atoms. The molecule has 0 saturated carbocycles. The van der Waals surface area contributed by atoms with E-state index in [1.165, 1.54) is 0 Å². The van der Waals surface area contributed by atoms with E-state index in [-0.39, 0.29) is 12.1 Å². The van der Waals surface area contributed by atoms with E-state index in [9.17, 15) is 4.79 Å². The second-order valence-electron chi connectivity index (χ2n) is 5.00. The van der Waals surface area contributed by atoms with Crippen LogP contribution in [0.5, 0.6) is 0 Å². The van der Waals surface area contributed by atoms with E-state index in [0.29, 0.717) is 26.3 Å². The smallest absolute Gasteiger partial charge is 0.317 e. The number of furan rings is 1. The van der Waals surface area contributed by atoms with Gasteiger partial charge in [0.25, 0.3) is 0 Å². The third-order valence-electron chi connectivity index (χ3n) is 3.29. The van der Waals surface area contributed by atoms with Crippen LogP contribution in [-0.2, 0) is 11.2 Å². The number of amides is 2. The molecule has 5 heteroatoms. The lowest BCUT2D eigenvalue weighted by molar-refractivity contribution is 0.0525. The van der Waals surface area contributed by atoms with Crippen LogP contribution in [0, 0.1) is 6.92 Å². The number of aryl methyl sites for hydroxylation is 2. The predicted molar refractivity (Wildman–Crippen MR) is 72.2 cm³/mol. The number of urea groups is 1. The van der Waals surface area contributed by atoms with Crippen LogP contribution in [0.1, 0.15) is 24.9 Å². The Morgan fingerprint density at radius 1 is 1.42 bits per heavy atom. The highest BCUT2D eigenvalue weighted by Gasteiger charge is 2.18. The molecule has 19 heavy (non-hydrogen) atoms. The minimum Gasteiger partial charge on any atom is -0.466 e. The fraction of sp³-hybridized carbons (Fsp3) is 0.643. The van der Waals surface area contributed by atoms with E-state index in [2.05, 4.69) is 5.32 Å². The van der Waals surface area contributed by atoms with Crippen LogP contribution in [0.2, 0.25) is 0 Å². The van der Waals surface area contributed by atoms with Gasteiger partial charge in [-0.2, -0.15) is 0 Å². The average molecular weight is 266 g/mol. The van der Waals surface area contributed by atoms with Gasteiger partial charge in [-0.05, 0) is 32.4 Å². The third-order valence-corrected chi connectivity index (χ3v) is 3.29. The lowest BCUT2D eigenvalue weighted by atomic mass is 10.1. The predicted octanol–water partition coefficient (Wildman–Crippen LogP) is 1.95. The zero-order valence-corrected chi connectivity index (χ0v) is 11.6. The van der Waals surface area contributed by atoms with Crippen LogP contribution >= 0.6 is 0 Å². The third kappa shape index (κ3) is 4.28. The Balaban J connectivity index is 1.71. The van der Waals surface area contributed by atoms with Crippen LogP contribution in [0.3, 0.4) is 0 Å². The van der Waals surface area contributed by atoms with Gasteiger partial charge in [0.2, 0.25) is 0 Å². The molecule has 1 atom stereocenters. The van der Waals surface area contributed by atoms with Gasteiger partial charge in [0.05, 0.1) is 13.2 Å². The molecule has 2 heterocycles. The van der Waals surface area contributed by atoms with E-state index < -0.39 is 0 Å². The van der Waals surface area contributed by atoms with E-state index in [4.69, 9.17) is 9.15 Å². The number of hydrogen-bond acceptors (Lipinski definition) is 3. The average Bonchev–Trinajstić information content (AvgIpc) is 2.83. The summed E-state index contributed by atoms with van der Waals surface area (Å²) in [5.74, 6) is 1.91. The zero-order valence-electron chi connectivity index (χ0n) is 11.6. The molecule has 106 valence electrons. The zero-order chi connectivity index (χ0) is 13.7. The number of nitrogens with one attached hydrogen (secondary N) is 1. The van der Waals surface area contributed by atoms with Crippen molar-refractivity contribution in [1.82, 2.24) is 10.2 Å². The molecule has 2 amide bonds. The Morgan fingerprint density at radius 3 is 2.79 bits per heavy atom. The molecule has 1 aromatic heterocycles. The van der Waals surface area contributed by atoms with Gasteiger partial charge in [0, 0.05) is 25.6 Å². The number of hydrogen-bond donors (Lipinski definition) is 1. The molecule has 0 aliphatic carbocycles. The number of nitrogens with zero attached hydrogens (tertiary/aromatic N) is 1. The summed E-state index contributed by atoms with van der Waals surface area (Å²) in [5.41, 5.74) is 0. The van der Waals surface area contributed by atoms with Gasteiger partial charge in [-0.25, -0.2) is 4.79 Å². The number of morpholine rings is 1. The van der Waals surface area contributed by atoms with Crippen molar-refractivity contribution in [3.63, 3.8) is 0 Å². The van der Waals surface area contributed by atoms with Crippen LogP contribution < -0.4 is 5.32 Å². The molecule has 1 unspecified atom stereocenters. The molecular formula is C14H22N2O3. The summed E-state index contributed by atoms with van der Waals surface area (Å²) in [5, 5.41) is 3.02. The number of carbonyl (C=O) groups is 1. The first-order valence-corrected chi connectivity index (χ1v) is 6.83. The number of carbonyl (C=O) groups excluding carboxylic acids is 1. The first-order chi connectivity index (χ1) is 9.15. The van der Waals surface area contributed by atoms with Crippen molar-refractivity contribution in [3.8, 4) is 0 Å². The van der Waals surface area contributed by atoms with Gasteiger partial charge in [-0.1, -0.05) is 0 Å². The molecule has 0 radical (unpaired) electrons. The van der Waals surface area contributed by atoms with Crippen LogP contribution in [-0.4, -0.2) is 43.3 Å². The minimum atomic E-state index is 0.00595. The monoisotopic (exact) mass is 266 g/mol. The number of rotatable bonds is 4. The second kappa shape index (κ2) is 6.61. The quantitative estimate of drug-likeness (QED) is 0.906. The number of ether oxygens (including phenoxy) is 1. The Hall–Kier alpha value is -1.49. The van der Waals surface area contributed by atoms with Gasteiger partial charge in [-0.3, -0.25) is 0 Å². The van der Waals surface area contributed by atoms with Crippen molar-refractivity contribution in [2.24, 2.45) is 0 Å². The summed E-state index contributed by atoms with van der Waals surface area (Å²) in [4.78, 5) is 13.8. The maximum atomic E-state index is 12.0. The Bertz CT molecular complexity index is 411. The lowest BCUT2D eigenvalue weighted by Gasteiger charge is -2.28. The minimum absolute atomic E-state index is 0.00595. The SMILES string of the molecule is Cc1ccc(CCC(C)NC(=O)N2CCOCC2)o1. The fourth-order valence-corrected chi connectivity index (χ4v) is 2.12. The van der Waals surface area contributed by atoms with Gasteiger partial charge < -0.3 is 19.4 Å². The van der Waals surface area contributed by atoms with E-state index in [1.807, 2.05) is 26.0 Å². The summed E-state index contributed by atoms with van der Waals surface area (Å²) in [6, 6.07) is 4.10. The molecule has 1 N–H and O–H groups in total. The summed E-state index contributed by atoms with van der Waals surface area (Å²) < 4.78 is 10.7. The summed E-state index contributed by atoms with van der Waals surface area (Å²) in [6.45, 7) is 6.58. The van der Waals surface area contributed by atoms with E-state index in [1.54, 1.807) is 4.90 Å². The van der Waals surface area contributed by atoms with Crippen LogP contribution in [0.25, 0.3) is 0 Å². The van der Waals surface area contributed by atoms with Gasteiger partial charge >= 0.3 is 6.03 Å². The summed E-state index contributed by atoms with van der Waals surface area (Å²) in [7, 11) is 0. The van der Waals surface area contributed by atoms with E-state index in [0.717, 1.165) is 24.4 Å². The molecule has 1 aliphatic heterocycles. The molecule has 1 fully saturated rings. The molecule has 1 saturated heterocycles. The Kier molecular flexibility index (Phi) is 4.85. The highest BCUT2D eigenvalue weighted by Crippen LogP contribution is 2.10. The maximum Gasteiger partial charge on any atom is 0.317 e. The van der Waals surface area contributed by atoms with E-state index >= 15 is 0 Å². The van der Waals surface area contributed by atoms with Gasteiger partial charge in [-0.15, -0.1) is 0 Å². The van der Waals surface area contributed by atoms with Crippen molar-refractivity contribution >= 4 is 6.03 Å². The Morgan fingerprint density at radius 2 is 2.16 bits per heavy atom. The van der Waals surface area contributed by atoms with Crippen molar-refractivity contribution in [3.05, 3.63) is 23.7 Å². The highest BCUT2D eigenvalue weighted by atomic mass is 16.5. The lowest BCUT2D eigenvalue weighted by Crippen LogP contribution is -2.48. The largest absolute Gasteiger partial charge is 0.466 e. The van der Waals surface area contributed by atoms with Crippen LogP contribution in [0.15, 0.2) is 16.5 Å². The molecule has 1 aliphatic rings. The maximum absolute atomic E-state index is 12.0. The first kappa shape index (κ1) is 13.9. The molecule has 0 aromatic carbocycles. The molecule has 1 aromatic rings. The molecule has 0 spiro atoms. The molecule has 5 nitrogen and oxygen atoms in total. The van der Waals surface area contributed by atoms with Gasteiger partial charge in [0.1, 0.15) is 11.5 Å². The fourth-order valence-electron chi connectivity index (χ4n) is 2.12. The first-order valence-electron chi connectivity index (χ1n) is 6.83. The molecular weight excluding hydrogens is 244 g/mol. The van der Waals surface area contributed by atoms with Gasteiger partial charge in [0.15, 0.2) is 0 Å². The highest BCUT2D eigenvalue weighted by molar-refractivity contribution is 5.74. The Labute approximate surface area is 113 Å². The van der Waals surface area contributed by atoms with Crippen molar-refractivity contribution < 1.29 is 13.9 Å². The topological polar surface area (TPSA) is 54.7 Å². The second-order valence-corrected chi connectivity index (χ2v) is 5.00.